The van der Waals surface area contributed by atoms with Crippen LogP contribution >= 0.6 is 11.3 Å². The van der Waals surface area contributed by atoms with E-state index in [0.29, 0.717) is 25.3 Å². The minimum absolute atomic E-state index is 0.0306. The Bertz CT molecular complexity index is 883. The van der Waals surface area contributed by atoms with Gasteiger partial charge < -0.3 is 15.2 Å². The number of piperidine rings is 1. The van der Waals surface area contributed by atoms with Crippen molar-refractivity contribution in [3.05, 3.63) is 58.4 Å². The monoisotopic (exact) mass is 367 g/mol. The van der Waals surface area contributed by atoms with Crippen molar-refractivity contribution in [2.24, 2.45) is 5.92 Å². The van der Waals surface area contributed by atoms with Crippen LogP contribution in [0.4, 0.5) is 0 Å². The van der Waals surface area contributed by atoms with Gasteiger partial charge >= 0.3 is 0 Å². The van der Waals surface area contributed by atoms with E-state index in [1.807, 2.05) is 47.8 Å². The Morgan fingerprint density at radius 2 is 2.12 bits per heavy atom. The molecule has 0 radical (unpaired) electrons. The zero-order chi connectivity index (χ0) is 17.9. The Hall–Kier alpha value is -2.60. The van der Waals surface area contributed by atoms with Gasteiger partial charge in [-0.3, -0.25) is 9.59 Å². The number of hydrogen-bond donors (Lipinski definition) is 2. The standard InChI is InChI=1S/C20H21N3O2S/c24-19(21-12-16-7-4-10-26-16)15-6-3-9-23(13-15)20(25)18-11-14-5-1-2-8-17(14)22-18/h1-2,4-5,7-8,10-11,15,22H,3,6,9,12-13H2,(H,21,24). The summed E-state index contributed by atoms with van der Waals surface area (Å²) in [6.45, 7) is 1.73. The lowest BCUT2D eigenvalue weighted by Crippen LogP contribution is -2.45. The predicted octanol–water partition coefficient (Wildman–Crippen LogP) is 3.40. The van der Waals surface area contributed by atoms with Crippen LogP contribution in [0.1, 0.15) is 28.2 Å². The number of amides is 2. The lowest BCUT2D eigenvalue weighted by atomic mass is 9.97. The van der Waals surface area contributed by atoms with Gasteiger partial charge in [-0.2, -0.15) is 0 Å². The number of carbonyl (C=O) groups excluding carboxylic acids is 2. The second-order valence-corrected chi connectivity index (χ2v) is 7.69. The van der Waals surface area contributed by atoms with E-state index in [2.05, 4.69) is 10.3 Å². The van der Waals surface area contributed by atoms with E-state index in [-0.39, 0.29) is 17.7 Å². The number of aromatic amines is 1. The molecule has 0 bridgehead atoms. The molecular weight excluding hydrogens is 346 g/mol. The Labute approximate surface area is 156 Å². The smallest absolute Gasteiger partial charge is 0.270 e. The molecule has 1 fully saturated rings. The molecule has 2 aromatic heterocycles. The van der Waals surface area contributed by atoms with Crippen LogP contribution in [0, 0.1) is 5.92 Å². The van der Waals surface area contributed by atoms with Gasteiger partial charge in [0.05, 0.1) is 12.5 Å². The number of hydrogen-bond acceptors (Lipinski definition) is 3. The lowest BCUT2D eigenvalue weighted by Gasteiger charge is -2.31. The SMILES string of the molecule is O=C(NCc1cccs1)C1CCCN(C(=O)c2cc3ccccc3[nH]2)C1. The van der Waals surface area contributed by atoms with Crippen molar-refractivity contribution in [1.29, 1.82) is 0 Å². The van der Waals surface area contributed by atoms with E-state index in [1.54, 1.807) is 16.2 Å². The molecule has 1 aliphatic heterocycles. The van der Waals surface area contributed by atoms with E-state index in [1.165, 1.54) is 0 Å². The molecule has 3 heterocycles. The second-order valence-electron chi connectivity index (χ2n) is 6.66. The summed E-state index contributed by atoms with van der Waals surface area (Å²) in [6.07, 6.45) is 1.68. The first-order valence-corrected chi connectivity index (χ1v) is 9.76. The van der Waals surface area contributed by atoms with Crippen molar-refractivity contribution < 1.29 is 9.59 Å². The van der Waals surface area contributed by atoms with Gasteiger partial charge in [0.1, 0.15) is 5.69 Å². The van der Waals surface area contributed by atoms with Gasteiger partial charge in [-0.05, 0) is 36.4 Å². The van der Waals surface area contributed by atoms with Crippen molar-refractivity contribution in [2.45, 2.75) is 19.4 Å². The first-order valence-electron chi connectivity index (χ1n) is 8.88. The number of nitrogens with zero attached hydrogens (tertiary/aromatic N) is 1. The third-order valence-electron chi connectivity index (χ3n) is 4.86. The molecule has 1 aromatic carbocycles. The number of H-pyrrole nitrogens is 1. The Morgan fingerprint density at radius 1 is 1.23 bits per heavy atom. The normalized spacial score (nSPS) is 17.4. The van der Waals surface area contributed by atoms with Crippen LogP contribution in [0.3, 0.4) is 0 Å². The van der Waals surface area contributed by atoms with Crippen LogP contribution in [0.5, 0.6) is 0 Å². The Morgan fingerprint density at radius 3 is 2.92 bits per heavy atom. The molecule has 0 saturated carbocycles. The van der Waals surface area contributed by atoms with Gasteiger partial charge in [-0.25, -0.2) is 0 Å². The summed E-state index contributed by atoms with van der Waals surface area (Å²) in [6, 6.07) is 13.7. The van der Waals surface area contributed by atoms with Gasteiger partial charge in [0.25, 0.3) is 5.91 Å². The first-order chi connectivity index (χ1) is 12.7. The minimum atomic E-state index is -0.142. The number of carbonyl (C=O) groups is 2. The molecular formula is C20H21N3O2S. The van der Waals surface area contributed by atoms with E-state index in [9.17, 15) is 9.59 Å². The van der Waals surface area contributed by atoms with Crippen LogP contribution in [-0.4, -0.2) is 34.8 Å². The number of rotatable bonds is 4. The summed E-state index contributed by atoms with van der Waals surface area (Å²) in [5.41, 5.74) is 1.55. The number of fused-ring (bicyclic) bond motifs is 1. The van der Waals surface area contributed by atoms with Crippen molar-refractivity contribution in [1.82, 2.24) is 15.2 Å². The van der Waals surface area contributed by atoms with Crippen molar-refractivity contribution >= 4 is 34.1 Å². The average molecular weight is 367 g/mol. The number of likely N-dealkylation sites (tertiary alicyclic amines) is 1. The van der Waals surface area contributed by atoms with Gasteiger partial charge in [-0.15, -0.1) is 11.3 Å². The zero-order valence-electron chi connectivity index (χ0n) is 14.4. The summed E-state index contributed by atoms with van der Waals surface area (Å²) < 4.78 is 0. The molecule has 1 saturated heterocycles. The summed E-state index contributed by atoms with van der Waals surface area (Å²) in [5, 5.41) is 6.03. The van der Waals surface area contributed by atoms with Gasteiger partial charge in [-0.1, -0.05) is 24.3 Å². The zero-order valence-corrected chi connectivity index (χ0v) is 15.2. The summed E-state index contributed by atoms with van der Waals surface area (Å²) in [7, 11) is 0. The molecule has 3 aromatic rings. The predicted molar refractivity (Wildman–Crippen MR) is 103 cm³/mol. The number of nitrogens with one attached hydrogen (secondary N) is 2. The molecule has 134 valence electrons. The van der Waals surface area contributed by atoms with Gasteiger partial charge in [0, 0.05) is 28.9 Å². The fraction of sp³-hybridized carbons (Fsp3) is 0.300. The molecule has 5 nitrogen and oxygen atoms in total. The minimum Gasteiger partial charge on any atom is -0.351 e. The van der Waals surface area contributed by atoms with Crippen LogP contribution in [-0.2, 0) is 11.3 Å². The Balaban J connectivity index is 1.40. The maximum absolute atomic E-state index is 12.8. The van der Waals surface area contributed by atoms with E-state index >= 15 is 0 Å². The Kier molecular flexibility index (Phi) is 4.75. The number of benzene rings is 1. The third-order valence-corrected chi connectivity index (χ3v) is 5.73. The van der Waals surface area contributed by atoms with Crippen molar-refractivity contribution in [3.8, 4) is 0 Å². The average Bonchev–Trinajstić information content (AvgIpc) is 3.35. The van der Waals surface area contributed by atoms with E-state index in [0.717, 1.165) is 28.6 Å². The van der Waals surface area contributed by atoms with Crippen LogP contribution in [0.25, 0.3) is 10.9 Å². The van der Waals surface area contributed by atoms with Crippen LogP contribution in [0.15, 0.2) is 47.8 Å². The van der Waals surface area contributed by atoms with Crippen molar-refractivity contribution in [3.63, 3.8) is 0 Å². The third kappa shape index (κ3) is 3.51. The van der Waals surface area contributed by atoms with E-state index < -0.39 is 0 Å². The highest BCUT2D eigenvalue weighted by Crippen LogP contribution is 2.21. The highest BCUT2D eigenvalue weighted by Gasteiger charge is 2.29. The van der Waals surface area contributed by atoms with Crippen molar-refractivity contribution in [2.75, 3.05) is 13.1 Å². The molecule has 0 aliphatic carbocycles. The molecule has 2 amide bonds. The highest BCUT2D eigenvalue weighted by molar-refractivity contribution is 7.09. The number of thiophene rings is 1. The van der Waals surface area contributed by atoms with Gasteiger partial charge in [0.15, 0.2) is 0 Å². The topological polar surface area (TPSA) is 65.2 Å². The maximum atomic E-state index is 12.8. The molecule has 4 rings (SSSR count). The van der Waals surface area contributed by atoms with Gasteiger partial charge in [0.2, 0.25) is 5.91 Å². The number of para-hydroxylation sites is 1. The summed E-state index contributed by atoms with van der Waals surface area (Å²) in [5.74, 6) is -0.137. The van der Waals surface area contributed by atoms with E-state index in [4.69, 9.17) is 0 Å². The highest BCUT2D eigenvalue weighted by atomic mass is 32.1. The number of aromatic nitrogens is 1. The summed E-state index contributed by atoms with van der Waals surface area (Å²) >= 11 is 1.63. The summed E-state index contributed by atoms with van der Waals surface area (Å²) in [4.78, 5) is 31.5. The molecule has 6 heteroatoms. The molecule has 26 heavy (non-hydrogen) atoms. The maximum Gasteiger partial charge on any atom is 0.270 e. The fourth-order valence-electron chi connectivity index (χ4n) is 3.47. The molecule has 1 atom stereocenters. The second kappa shape index (κ2) is 7.33. The molecule has 1 unspecified atom stereocenters. The fourth-order valence-corrected chi connectivity index (χ4v) is 4.11. The molecule has 2 N–H and O–H groups in total. The largest absolute Gasteiger partial charge is 0.351 e. The quantitative estimate of drug-likeness (QED) is 0.742. The molecule has 1 aliphatic rings. The molecule has 0 spiro atoms. The lowest BCUT2D eigenvalue weighted by molar-refractivity contribution is -0.126. The van der Waals surface area contributed by atoms with Crippen LogP contribution in [0.2, 0.25) is 0 Å². The first kappa shape index (κ1) is 16.8. The van der Waals surface area contributed by atoms with Crippen LogP contribution < -0.4 is 5.32 Å².